The number of hydrogen-bond acceptors (Lipinski definition) is 4. The molecule has 0 radical (unpaired) electrons. The molecule has 1 aromatic carbocycles. The molecule has 1 amide bonds. The fourth-order valence-electron chi connectivity index (χ4n) is 2.58. The lowest BCUT2D eigenvalue weighted by Crippen LogP contribution is -2.34. The van der Waals surface area contributed by atoms with Gasteiger partial charge in [0.15, 0.2) is 0 Å². The van der Waals surface area contributed by atoms with Crippen LogP contribution in [0.15, 0.2) is 24.3 Å². The first kappa shape index (κ1) is 19.1. The second-order valence-corrected chi connectivity index (χ2v) is 5.81. The number of benzene rings is 1. The van der Waals surface area contributed by atoms with Gasteiger partial charge in [-0.25, -0.2) is 9.07 Å². The number of halogens is 1. The highest BCUT2D eigenvalue weighted by atomic mass is 19.1. The Balaban J connectivity index is 1.94. The van der Waals surface area contributed by atoms with Crippen LogP contribution in [0.4, 0.5) is 4.39 Å². The Bertz CT molecular complexity index is 698. The third-order valence-electron chi connectivity index (χ3n) is 3.96. The molecule has 0 unspecified atom stereocenters. The van der Waals surface area contributed by atoms with Crippen LogP contribution in [0.25, 0.3) is 5.69 Å². The van der Waals surface area contributed by atoms with Gasteiger partial charge in [-0.1, -0.05) is 0 Å². The molecule has 7 heteroatoms. The number of methoxy groups -OCH3 is 1. The van der Waals surface area contributed by atoms with E-state index in [-0.39, 0.29) is 18.1 Å². The van der Waals surface area contributed by atoms with Crippen LogP contribution in [-0.4, -0.2) is 49.0 Å². The van der Waals surface area contributed by atoms with Gasteiger partial charge in [-0.3, -0.25) is 4.79 Å². The zero-order valence-electron chi connectivity index (χ0n) is 14.9. The molecule has 25 heavy (non-hydrogen) atoms. The van der Waals surface area contributed by atoms with Crippen molar-refractivity contribution in [3.63, 3.8) is 0 Å². The van der Waals surface area contributed by atoms with E-state index in [0.717, 1.165) is 29.2 Å². The Morgan fingerprint density at radius 1 is 1.20 bits per heavy atom. The molecule has 6 nitrogen and oxygen atoms in total. The lowest BCUT2D eigenvalue weighted by Gasteiger charge is -2.08. The van der Waals surface area contributed by atoms with E-state index in [0.29, 0.717) is 19.7 Å². The quantitative estimate of drug-likeness (QED) is 0.675. The van der Waals surface area contributed by atoms with Crippen LogP contribution in [0, 0.1) is 19.7 Å². The standard InChI is InChI=1S/C18H25FN4O2/c1-13-17(12-18(24)21-9-8-20-10-11-25-3)14(2)23(22-13)16-6-4-15(19)5-7-16/h4-7,20H,8-12H2,1-3H3,(H,21,24). The van der Waals surface area contributed by atoms with Crippen molar-refractivity contribution in [1.29, 1.82) is 0 Å². The third-order valence-corrected chi connectivity index (χ3v) is 3.96. The number of carbonyl (C=O) groups excluding carboxylic acids is 1. The summed E-state index contributed by atoms with van der Waals surface area (Å²) in [7, 11) is 1.65. The van der Waals surface area contributed by atoms with Crippen LogP contribution >= 0.6 is 0 Å². The molecule has 1 aromatic heterocycles. The van der Waals surface area contributed by atoms with Gasteiger partial charge in [-0.15, -0.1) is 0 Å². The Morgan fingerprint density at radius 3 is 2.60 bits per heavy atom. The summed E-state index contributed by atoms with van der Waals surface area (Å²) in [4.78, 5) is 12.1. The smallest absolute Gasteiger partial charge is 0.224 e. The van der Waals surface area contributed by atoms with E-state index >= 15 is 0 Å². The summed E-state index contributed by atoms with van der Waals surface area (Å²) in [5.41, 5.74) is 3.36. The normalized spacial score (nSPS) is 10.9. The second kappa shape index (κ2) is 9.29. The summed E-state index contributed by atoms with van der Waals surface area (Å²) in [6.07, 6.45) is 0.275. The Kier molecular flexibility index (Phi) is 7.09. The highest BCUT2D eigenvalue weighted by Gasteiger charge is 2.15. The van der Waals surface area contributed by atoms with Crippen LogP contribution in [0.3, 0.4) is 0 Å². The van der Waals surface area contributed by atoms with Crippen molar-refractivity contribution in [3.8, 4) is 5.69 Å². The van der Waals surface area contributed by atoms with Crippen molar-refractivity contribution in [2.24, 2.45) is 0 Å². The van der Waals surface area contributed by atoms with E-state index in [1.165, 1.54) is 12.1 Å². The van der Waals surface area contributed by atoms with E-state index in [2.05, 4.69) is 15.7 Å². The molecule has 0 aliphatic heterocycles. The van der Waals surface area contributed by atoms with Gasteiger partial charge in [-0.05, 0) is 38.1 Å². The number of aryl methyl sites for hydroxylation is 1. The minimum atomic E-state index is -0.288. The minimum absolute atomic E-state index is 0.0432. The van der Waals surface area contributed by atoms with Crippen molar-refractivity contribution in [2.75, 3.05) is 33.4 Å². The van der Waals surface area contributed by atoms with E-state index in [1.54, 1.807) is 23.9 Å². The zero-order valence-corrected chi connectivity index (χ0v) is 14.9. The van der Waals surface area contributed by atoms with Gasteiger partial charge in [0.25, 0.3) is 0 Å². The Hall–Kier alpha value is -2.25. The number of nitrogens with zero attached hydrogens (tertiary/aromatic N) is 2. The van der Waals surface area contributed by atoms with Gasteiger partial charge in [0, 0.05) is 38.0 Å². The first-order valence-corrected chi connectivity index (χ1v) is 8.30. The van der Waals surface area contributed by atoms with Crippen LogP contribution < -0.4 is 10.6 Å². The predicted molar refractivity (Wildman–Crippen MR) is 94.5 cm³/mol. The first-order valence-electron chi connectivity index (χ1n) is 8.30. The number of rotatable bonds is 9. The van der Waals surface area contributed by atoms with E-state index in [1.807, 2.05) is 13.8 Å². The monoisotopic (exact) mass is 348 g/mol. The van der Waals surface area contributed by atoms with E-state index < -0.39 is 0 Å². The van der Waals surface area contributed by atoms with E-state index in [4.69, 9.17) is 4.74 Å². The van der Waals surface area contributed by atoms with Crippen LogP contribution in [0.1, 0.15) is 17.0 Å². The highest BCUT2D eigenvalue weighted by Crippen LogP contribution is 2.18. The number of hydrogen-bond donors (Lipinski definition) is 2. The van der Waals surface area contributed by atoms with Crippen molar-refractivity contribution in [1.82, 2.24) is 20.4 Å². The Labute approximate surface area is 147 Å². The van der Waals surface area contributed by atoms with Crippen molar-refractivity contribution < 1.29 is 13.9 Å². The van der Waals surface area contributed by atoms with E-state index in [9.17, 15) is 9.18 Å². The van der Waals surface area contributed by atoms with Gasteiger partial charge < -0.3 is 15.4 Å². The molecule has 136 valence electrons. The average Bonchev–Trinajstić information content (AvgIpc) is 2.87. The number of carbonyl (C=O) groups is 1. The SMILES string of the molecule is COCCNCCNC(=O)Cc1c(C)nn(-c2ccc(F)cc2)c1C. The molecule has 2 N–H and O–H groups in total. The molecule has 2 aromatic rings. The molecular weight excluding hydrogens is 323 g/mol. The summed E-state index contributed by atoms with van der Waals surface area (Å²) >= 11 is 0. The average molecular weight is 348 g/mol. The highest BCUT2D eigenvalue weighted by molar-refractivity contribution is 5.79. The maximum absolute atomic E-state index is 13.1. The van der Waals surface area contributed by atoms with Gasteiger partial charge in [0.2, 0.25) is 5.91 Å². The van der Waals surface area contributed by atoms with Gasteiger partial charge >= 0.3 is 0 Å². The largest absolute Gasteiger partial charge is 0.383 e. The number of aromatic nitrogens is 2. The molecule has 1 heterocycles. The fourth-order valence-corrected chi connectivity index (χ4v) is 2.58. The van der Waals surface area contributed by atoms with Crippen molar-refractivity contribution in [2.45, 2.75) is 20.3 Å². The summed E-state index contributed by atoms with van der Waals surface area (Å²) in [5, 5.41) is 10.5. The van der Waals surface area contributed by atoms with Gasteiger partial charge in [-0.2, -0.15) is 5.10 Å². The fraction of sp³-hybridized carbons (Fsp3) is 0.444. The summed E-state index contributed by atoms with van der Waals surface area (Å²) in [6, 6.07) is 6.14. The second-order valence-electron chi connectivity index (χ2n) is 5.81. The van der Waals surface area contributed by atoms with Crippen LogP contribution in [-0.2, 0) is 16.0 Å². The minimum Gasteiger partial charge on any atom is -0.383 e. The van der Waals surface area contributed by atoms with Crippen molar-refractivity contribution >= 4 is 5.91 Å². The predicted octanol–water partition coefficient (Wildman–Crippen LogP) is 1.52. The molecule has 0 saturated heterocycles. The molecule has 0 saturated carbocycles. The third kappa shape index (κ3) is 5.37. The maximum atomic E-state index is 13.1. The topological polar surface area (TPSA) is 68.2 Å². The molecule has 0 bridgehead atoms. The lowest BCUT2D eigenvalue weighted by molar-refractivity contribution is -0.120. The molecule has 0 fully saturated rings. The van der Waals surface area contributed by atoms with Crippen LogP contribution in [0.2, 0.25) is 0 Å². The maximum Gasteiger partial charge on any atom is 0.224 e. The van der Waals surface area contributed by atoms with Crippen molar-refractivity contribution in [3.05, 3.63) is 47.0 Å². The summed E-state index contributed by atoms with van der Waals surface area (Å²) in [5.74, 6) is -0.331. The molecule has 0 atom stereocenters. The van der Waals surface area contributed by atoms with Gasteiger partial charge in [0.05, 0.1) is 24.4 Å². The van der Waals surface area contributed by atoms with Gasteiger partial charge in [0.1, 0.15) is 5.82 Å². The Morgan fingerprint density at radius 2 is 1.92 bits per heavy atom. The number of amides is 1. The number of ether oxygens (including phenoxy) is 1. The summed E-state index contributed by atoms with van der Waals surface area (Å²) < 4.78 is 19.8. The zero-order chi connectivity index (χ0) is 18.2. The summed E-state index contributed by atoms with van der Waals surface area (Å²) in [6.45, 7) is 6.46. The molecule has 0 aliphatic rings. The molecule has 2 rings (SSSR count). The van der Waals surface area contributed by atoms with Crippen LogP contribution in [0.5, 0.6) is 0 Å². The molecule has 0 aliphatic carbocycles. The number of nitrogens with one attached hydrogen (secondary N) is 2. The molecular formula is C18H25FN4O2. The first-order chi connectivity index (χ1) is 12.0. The molecule has 0 spiro atoms. The lowest BCUT2D eigenvalue weighted by atomic mass is 10.1.